The van der Waals surface area contributed by atoms with Crippen LogP contribution in [0.2, 0.25) is 0 Å². The quantitative estimate of drug-likeness (QED) is 0.446. The molecule has 2 N–H and O–H groups in total. The minimum atomic E-state index is -0.0528. The third-order valence-electron chi connectivity index (χ3n) is 2.71. The largest absolute Gasteiger partial charge is 0.490 e. The number of carbonyl (C=O) groups excluding carboxylic acids is 1. The number of carbonyl (C=O) groups is 1. The van der Waals surface area contributed by atoms with Gasteiger partial charge in [0.1, 0.15) is 12.4 Å². The Hall–Kier alpha value is -1.55. The van der Waals surface area contributed by atoms with Crippen molar-refractivity contribution in [3.8, 4) is 5.75 Å². The highest BCUT2D eigenvalue weighted by Crippen LogP contribution is 2.21. The molecular formula is C15H23NO3. The number of hydrogen-bond donors (Lipinski definition) is 1. The summed E-state index contributed by atoms with van der Waals surface area (Å²) in [4.78, 5) is 11.5. The maximum atomic E-state index is 11.5. The molecule has 0 heterocycles. The maximum absolute atomic E-state index is 11.5. The van der Waals surface area contributed by atoms with Crippen LogP contribution >= 0.6 is 0 Å². The van der Waals surface area contributed by atoms with Gasteiger partial charge in [0.2, 0.25) is 0 Å². The number of ketones is 1. The monoisotopic (exact) mass is 265 g/mol. The van der Waals surface area contributed by atoms with Gasteiger partial charge < -0.3 is 15.2 Å². The van der Waals surface area contributed by atoms with Crippen molar-refractivity contribution in [1.82, 2.24) is 0 Å². The molecule has 1 aromatic carbocycles. The van der Waals surface area contributed by atoms with Crippen molar-refractivity contribution >= 4 is 11.5 Å². The number of anilines is 1. The van der Waals surface area contributed by atoms with Gasteiger partial charge in [-0.05, 0) is 37.5 Å². The van der Waals surface area contributed by atoms with E-state index in [4.69, 9.17) is 15.2 Å². The maximum Gasteiger partial charge on any atom is 0.163 e. The summed E-state index contributed by atoms with van der Waals surface area (Å²) in [6.45, 7) is 7.51. The summed E-state index contributed by atoms with van der Waals surface area (Å²) < 4.78 is 11.0. The highest BCUT2D eigenvalue weighted by Gasteiger charge is 2.08. The lowest BCUT2D eigenvalue weighted by Gasteiger charge is -2.11. The molecular weight excluding hydrogens is 242 g/mol. The van der Waals surface area contributed by atoms with E-state index < -0.39 is 0 Å². The Morgan fingerprint density at radius 2 is 2.00 bits per heavy atom. The molecule has 106 valence electrons. The standard InChI is InChI=1S/C15H23NO3/c1-11(2)6-7-18-8-9-19-15-5-4-13(16)10-14(15)12(3)17/h4-5,10-11H,6-9,16H2,1-3H3. The Bertz CT molecular complexity index is 416. The van der Waals surface area contributed by atoms with Crippen molar-refractivity contribution in [3.63, 3.8) is 0 Å². The first-order valence-electron chi connectivity index (χ1n) is 6.61. The van der Waals surface area contributed by atoms with Crippen molar-refractivity contribution in [2.45, 2.75) is 27.2 Å². The minimum absolute atomic E-state index is 0.0528. The Balaban J connectivity index is 2.39. The fraction of sp³-hybridized carbons (Fsp3) is 0.533. The summed E-state index contributed by atoms with van der Waals surface area (Å²) in [6, 6.07) is 5.08. The van der Waals surface area contributed by atoms with Gasteiger partial charge >= 0.3 is 0 Å². The summed E-state index contributed by atoms with van der Waals surface area (Å²) in [5, 5.41) is 0. The first-order valence-corrected chi connectivity index (χ1v) is 6.61. The van der Waals surface area contributed by atoms with Gasteiger partial charge in [-0.3, -0.25) is 4.79 Å². The third-order valence-corrected chi connectivity index (χ3v) is 2.71. The van der Waals surface area contributed by atoms with Gasteiger partial charge in [-0.25, -0.2) is 0 Å². The summed E-state index contributed by atoms with van der Waals surface area (Å²) in [6.07, 6.45) is 1.04. The average Bonchev–Trinajstić information content (AvgIpc) is 2.34. The topological polar surface area (TPSA) is 61.6 Å². The number of nitrogens with two attached hydrogens (primary N) is 1. The summed E-state index contributed by atoms with van der Waals surface area (Å²) >= 11 is 0. The van der Waals surface area contributed by atoms with Crippen LogP contribution in [0, 0.1) is 5.92 Å². The van der Waals surface area contributed by atoms with E-state index in [0.29, 0.717) is 36.1 Å². The number of ether oxygens (including phenoxy) is 2. The van der Waals surface area contributed by atoms with Gasteiger partial charge in [0.05, 0.1) is 12.2 Å². The Labute approximate surface area is 114 Å². The highest BCUT2D eigenvalue weighted by atomic mass is 16.5. The number of benzene rings is 1. The van der Waals surface area contributed by atoms with Crippen LogP contribution in [0.3, 0.4) is 0 Å². The molecule has 0 unspecified atom stereocenters. The first-order chi connectivity index (χ1) is 9.00. The van der Waals surface area contributed by atoms with Crippen molar-refractivity contribution in [2.75, 3.05) is 25.6 Å². The number of nitrogen functional groups attached to an aromatic ring is 1. The molecule has 0 aliphatic heterocycles. The second-order valence-corrected chi connectivity index (χ2v) is 4.96. The molecule has 0 radical (unpaired) electrons. The molecule has 4 heteroatoms. The van der Waals surface area contributed by atoms with Crippen LogP contribution in [0.5, 0.6) is 5.75 Å². The molecule has 0 aliphatic rings. The van der Waals surface area contributed by atoms with E-state index in [2.05, 4.69) is 13.8 Å². The molecule has 4 nitrogen and oxygen atoms in total. The van der Waals surface area contributed by atoms with Crippen LogP contribution in [-0.4, -0.2) is 25.6 Å². The SMILES string of the molecule is CC(=O)c1cc(N)ccc1OCCOCCC(C)C. The van der Waals surface area contributed by atoms with E-state index in [1.54, 1.807) is 18.2 Å². The van der Waals surface area contributed by atoms with Gasteiger partial charge in [0.25, 0.3) is 0 Å². The molecule has 0 aromatic heterocycles. The van der Waals surface area contributed by atoms with Crippen molar-refractivity contribution < 1.29 is 14.3 Å². The molecule has 19 heavy (non-hydrogen) atoms. The van der Waals surface area contributed by atoms with Crippen LogP contribution in [0.15, 0.2) is 18.2 Å². The zero-order valence-corrected chi connectivity index (χ0v) is 11.9. The molecule has 0 saturated carbocycles. The normalized spacial score (nSPS) is 10.7. The van der Waals surface area contributed by atoms with E-state index >= 15 is 0 Å². The summed E-state index contributed by atoms with van der Waals surface area (Å²) in [7, 11) is 0. The molecule has 0 aliphatic carbocycles. The zero-order chi connectivity index (χ0) is 14.3. The first kappa shape index (κ1) is 15.5. The lowest BCUT2D eigenvalue weighted by molar-refractivity contribution is 0.0907. The fourth-order valence-electron chi connectivity index (χ4n) is 1.58. The van der Waals surface area contributed by atoms with Gasteiger partial charge in [-0.1, -0.05) is 13.8 Å². The van der Waals surface area contributed by atoms with E-state index in [0.717, 1.165) is 13.0 Å². The van der Waals surface area contributed by atoms with Crippen molar-refractivity contribution in [1.29, 1.82) is 0 Å². The van der Waals surface area contributed by atoms with Crippen LogP contribution < -0.4 is 10.5 Å². The van der Waals surface area contributed by atoms with Crippen LogP contribution in [-0.2, 0) is 4.74 Å². The molecule has 1 aromatic rings. The van der Waals surface area contributed by atoms with Crippen molar-refractivity contribution in [2.24, 2.45) is 5.92 Å². The average molecular weight is 265 g/mol. The van der Waals surface area contributed by atoms with Gasteiger partial charge in [0, 0.05) is 12.3 Å². The highest BCUT2D eigenvalue weighted by molar-refractivity contribution is 5.97. The van der Waals surface area contributed by atoms with Crippen molar-refractivity contribution in [3.05, 3.63) is 23.8 Å². The number of rotatable bonds is 8. The minimum Gasteiger partial charge on any atom is -0.490 e. The molecule has 0 atom stereocenters. The second-order valence-electron chi connectivity index (χ2n) is 4.96. The van der Waals surface area contributed by atoms with E-state index in [-0.39, 0.29) is 5.78 Å². The lowest BCUT2D eigenvalue weighted by atomic mass is 10.1. The van der Waals surface area contributed by atoms with E-state index in [1.807, 2.05) is 0 Å². The summed E-state index contributed by atoms with van der Waals surface area (Å²) in [5.41, 5.74) is 6.73. The van der Waals surface area contributed by atoms with Crippen LogP contribution in [0.1, 0.15) is 37.6 Å². The molecule has 0 amide bonds. The Morgan fingerprint density at radius 3 is 2.63 bits per heavy atom. The molecule has 0 spiro atoms. The smallest absolute Gasteiger partial charge is 0.163 e. The fourth-order valence-corrected chi connectivity index (χ4v) is 1.58. The van der Waals surface area contributed by atoms with Crippen LogP contribution in [0.25, 0.3) is 0 Å². The molecule has 0 bridgehead atoms. The Kier molecular flexibility index (Phi) is 6.36. The summed E-state index contributed by atoms with van der Waals surface area (Å²) in [5.74, 6) is 1.15. The Morgan fingerprint density at radius 1 is 1.26 bits per heavy atom. The predicted molar refractivity (Wildman–Crippen MR) is 76.6 cm³/mol. The van der Waals surface area contributed by atoms with Gasteiger partial charge in [0.15, 0.2) is 5.78 Å². The van der Waals surface area contributed by atoms with Gasteiger partial charge in [-0.2, -0.15) is 0 Å². The third kappa shape index (κ3) is 5.75. The lowest BCUT2D eigenvalue weighted by Crippen LogP contribution is -2.10. The molecule has 0 fully saturated rings. The predicted octanol–water partition coefficient (Wildman–Crippen LogP) is 2.91. The molecule has 1 rings (SSSR count). The van der Waals surface area contributed by atoms with Gasteiger partial charge in [-0.15, -0.1) is 0 Å². The number of Topliss-reactive ketones (excluding diaryl/α,β-unsaturated/α-hetero) is 1. The second kappa shape index (κ2) is 7.79. The molecule has 0 saturated heterocycles. The van der Waals surface area contributed by atoms with Crippen LogP contribution in [0.4, 0.5) is 5.69 Å². The van der Waals surface area contributed by atoms with E-state index in [1.165, 1.54) is 6.92 Å². The zero-order valence-electron chi connectivity index (χ0n) is 11.9. The number of hydrogen-bond acceptors (Lipinski definition) is 4. The van der Waals surface area contributed by atoms with E-state index in [9.17, 15) is 4.79 Å².